The highest BCUT2D eigenvalue weighted by Gasteiger charge is 2.29. The summed E-state index contributed by atoms with van der Waals surface area (Å²) in [6.45, 7) is 5.12. The zero-order valence-corrected chi connectivity index (χ0v) is 16.8. The third-order valence-electron chi connectivity index (χ3n) is 4.02. The highest BCUT2D eigenvalue weighted by atomic mass is 35.5. The summed E-state index contributed by atoms with van der Waals surface area (Å²) in [5, 5.41) is 12.5. The van der Waals surface area contributed by atoms with Crippen LogP contribution in [0, 0.1) is 0 Å². The van der Waals surface area contributed by atoms with Crippen LogP contribution in [0.25, 0.3) is 0 Å². The lowest BCUT2D eigenvalue weighted by molar-refractivity contribution is -0.152. The van der Waals surface area contributed by atoms with Gasteiger partial charge in [-0.25, -0.2) is 4.79 Å². The van der Waals surface area contributed by atoms with Crippen LogP contribution in [0.3, 0.4) is 0 Å². The molecule has 7 heteroatoms. The van der Waals surface area contributed by atoms with Crippen molar-refractivity contribution in [3.05, 3.63) is 59.1 Å². The van der Waals surface area contributed by atoms with Crippen LogP contribution in [0.4, 0.5) is 0 Å². The van der Waals surface area contributed by atoms with Crippen LogP contribution < -0.4 is 14.8 Å². The quantitative estimate of drug-likeness (QED) is 0.664. The number of carbonyl (C=O) groups excluding carboxylic acids is 1. The Balaban J connectivity index is 1.78. The molecular formula is C21H24ClNO5. The fraction of sp³-hybridized carbons (Fsp3) is 0.333. The Labute approximate surface area is 169 Å². The van der Waals surface area contributed by atoms with Crippen molar-refractivity contribution in [3.8, 4) is 11.5 Å². The molecule has 0 saturated carbocycles. The van der Waals surface area contributed by atoms with E-state index in [0.717, 1.165) is 5.56 Å². The molecule has 1 unspecified atom stereocenters. The molecule has 0 aliphatic heterocycles. The molecule has 0 aliphatic rings. The second-order valence-corrected chi connectivity index (χ2v) is 7.25. The van der Waals surface area contributed by atoms with E-state index < -0.39 is 17.7 Å². The Morgan fingerprint density at radius 3 is 2.21 bits per heavy atom. The highest BCUT2D eigenvalue weighted by Crippen LogP contribution is 2.19. The van der Waals surface area contributed by atoms with Crippen LogP contribution in [0.15, 0.2) is 48.5 Å². The summed E-state index contributed by atoms with van der Waals surface area (Å²) in [5.41, 5.74) is -0.303. The van der Waals surface area contributed by atoms with Gasteiger partial charge in [0.2, 0.25) is 0 Å². The average Bonchev–Trinajstić information content (AvgIpc) is 2.64. The van der Waals surface area contributed by atoms with Crippen LogP contribution in [0.5, 0.6) is 11.5 Å². The number of nitrogens with one attached hydrogen (secondary N) is 1. The Morgan fingerprint density at radius 1 is 1.07 bits per heavy atom. The summed E-state index contributed by atoms with van der Waals surface area (Å²) < 4.78 is 11.0. The third kappa shape index (κ3) is 6.46. The maximum atomic E-state index is 12.1. The summed E-state index contributed by atoms with van der Waals surface area (Å²) in [5.74, 6) is -0.190. The molecule has 150 valence electrons. The number of aliphatic carboxylic acids is 1. The van der Waals surface area contributed by atoms with Crippen molar-refractivity contribution in [2.24, 2.45) is 0 Å². The van der Waals surface area contributed by atoms with Crippen molar-refractivity contribution in [2.45, 2.75) is 38.9 Å². The minimum Gasteiger partial charge on any atom is -0.481 e. The zero-order chi connectivity index (χ0) is 20.7. The standard InChI is InChI=1S/C21H24ClNO5/c1-14(27-17-10-6-16(22)7-11-17)19(24)23-13-12-15-4-8-18(9-5-15)28-21(2,3)20(25)26/h4-11,14H,12-13H2,1-3H3,(H,23,24)(H,25,26). The van der Waals surface area contributed by atoms with Gasteiger partial charge in [-0.05, 0) is 69.2 Å². The Hall–Kier alpha value is -2.73. The minimum absolute atomic E-state index is 0.210. The lowest BCUT2D eigenvalue weighted by Gasteiger charge is -2.21. The van der Waals surface area contributed by atoms with Gasteiger partial charge in [-0.15, -0.1) is 0 Å². The summed E-state index contributed by atoms with van der Waals surface area (Å²) in [4.78, 5) is 23.2. The van der Waals surface area contributed by atoms with Crippen LogP contribution in [0.1, 0.15) is 26.3 Å². The van der Waals surface area contributed by atoms with E-state index in [1.807, 2.05) is 12.1 Å². The minimum atomic E-state index is -1.30. The average molecular weight is 406 g/mol. The lowest BCUT2D eigenvalue weighted by Crippen LogP contribution is -2.37. The normalized spacial score (nSPS) is 12.1. The maximum Gasteiger partial charge on any atom is 0.347 e. The Morgan fingerprint density at radius 2 is 1.64 bits per heavy atom. The predicted octanol–water partition coefficient (Wildman–Crippen LogP) is 3.71. The predicted molar refractivity (Wildman–Crippen MR) is 107 cm³/mol. The Kier molecular flexibility index (Phi) is 7.29. The second-order valence-electron chi connectivity index (χ2n) is 6.82. The number of amides is 1. The van der Waals surface area contributed by atoms with Gasteiger partial charge in [-0.1, -0.05) is 23.7 Å². The van der Waals surface area contributed by atoms with Crippen molar-refractivity contribution in [1.29, 1.82) is 0 Å². The van der Waals surface area contributed by atoms with E-state index in [1.54, 1.807) is 43.3 Å². The number of halogens is 1. The van der Waals surface area contributed by atoms with Gasteiger partial charge >= 0.3 is 5.97 Å². The molecule has 28 heavy (non-hydrogen) atoms. The first-order chi connectivity index (χ1) is 13.2. The summed E-state index contributed by atoms with van der Waals surface area (Å²) in [6.07, 6.45) is -0.00245. The van der Waals surface area contributed by atoms with Gasteiger partial charge in [-0.3, -0.25) is 4.79 Å². The van der Waals surface area contributed by atoms with Crippen molar-refractivity contribution in [2.75, 3.05) is 6.54 Å². The van der Waals surface area contributed by atoms with Gasteiger partial charge in [0.05, 0.1) is 0 Å². The van der Waals surface area contributed by atoms with E-state index >= 15 is 0 Å². The number of hydrogen-bond donors (Lipinski definition) is 2. The van der Waals surface area contributed by atoms with E-state index in [9.17, 15) is 9.59 Å². The van der Waals surface area contributed by atoms with Crippen molar-refractivity contribution >= 4 is 23.5 Å². The molecule has 1 amide bonds. The van der Waals surface area contributed by atoms with E-state index in [1.165, 1.54) is 13.8 Å². The number of carboxylic acid groups (broad SMARTS) is 1. The van der Waals surface area contributed by atoms with Crippen LogP contribution in [-0.2, 0) is 16.0 Å². The number of carboxylic acids is 1. The SMILES string of the molecule is CC(Oc1ccc(Cl)cc1)C(=O)NCCc1ccc(OC(C)(C)C(=O)O)cc1. The summed E-state index contributed by atoms with van der Waals surface area (Å²) in [6, 6.07) is 13.9. The maximum absolute atomic E-state index is 12.1. The van der Waals surface area contributed by atoms with Crippen LogP contribution >= 0.6 is 11.6 Å². The molecule has 0 heterocycles. The first-order valence-corrected chi connectivity index (χ1v) is 9.26. The fourth-order valence-electron chi connectivity index (χ4n) is 2.31. The molecule has 1 atom stereocenters. The van der Waals surface area contributed by atoms with Gasteiger partial charge in [0.25, 0.3) is 5.91 Å². The molecule has 0 spiro atoms. The molecule has 2 aromatic rings. The zero-order valence-electron chi connectivity index (χ0n) is 16.1. The van der Waals surface area contributed by atoms with Gasteiger partial charge in [-0.2, -0.15) is 0 Å². The van der Waals surface area contributed by atoms with Crippen molar-refractivity contribution < 1.29 is 24.2 Å². The van der Waals surface area contributed by atoms with Crippen molar-refractivity contribution in [1.82, 2.24) is 5.32 Å². The molecule has 0 aliphatic carbocycles. The van der Waals surface area contributed by atoms with Gasteiger partial charge in [0.1, 0.15) is 11.5 Å². The number of carbonyl (C=O) groups is 2. The highest BCUT2D eigenvalue weighted by molar-refractivity contribution is 6.30. The van der Waals surface area contributed by atoms with Gasteiger partial charge < -0.3 is 19.9 Å². The number of ether oxygens (including phenoxy) is 2. The number of hydrogen-bond acceptors (Lipinski definition) is 4. The van der Waals surface area contributed by atoms with E-state index in [4.69, 9.17) is 26.2 Å². The van der Waals surface area contributed by atoms with E-state index in [2.05, 4.69) is 5.32 Å². The molecule has 2 rings (SSSR count). The van der Waals surface area contributed by atoms with Crippen LogP contribution in [-0.4, -0.2) is 35.2 Å². The second kappa shape index (κ2) is 9.46. The molecule has 2 N–H and O–H groups in total. The number of benzene rings is 2. The largest absolute Gasteiger partial charge is 0.481 e. The number of rotatable bonds is 9. The molecule has 0 bridgehead atoms. The molecular weight excluding hydrogens is 382 g/mol. The van der Waals surface area contributed by atoms with E-state index in [0.29, 0.717) is 29.5 Å². The lowest BCUT2D eigenvalue weighted by atomic mass is 10.1. The molecule has 0 radical (unpaired) electrons. The first-order valence-electron chi connectivity index (χ1n) is 8.88. The molecule has 6 nitrogen and oxygen atoms in total. The van der Waals surface area contributed by atoms with Crippen molar-refractivity contribution in [3.63, 3.8) is 0 Å². The Bertz CT molecular complexity index is 803. The molecule has 0 saturated heterocycles. The third-order valence-corrected chi connectivity index (χ3v) is 4.27. The van der Waals surface area contributed by atoms with E-state index in [-0.39, 0.29) is 5.91 Å². The topological polar surface area (TPSA) is 84.9 Å². The van der Waals surface area contributed by atoms with Gasteiger partial charge in [0, 0.05) is 11.6 Å². The molecule has 0 fully saturated rings. The molecule has 2 aromatic carbocycles. The van der Waals surface area contributed by atoms with Crippen LogP contribution in [0.2, 0.25) is 5.02 Å². The first kappa shape index (κ1) is 21.6. The summed E-state index contributed by atoms with van der Waals surface area (Å²) >= 11 is 5.82. The monoisotopic (exact) mass is 405 g/mol. The molecule has 0 aromatic heterocycles. The van der Waals surface area contributed by atoms with Gasteiger partial charge in [0.15, 0.2) is 11.7 Å². The fourth-order valence-corrected chi connectivity index (χ4v) is 2.43. The summed E-state index contributed by atoms with van der Waals surface area (Å²) in [7, 11) is 0. The smallest absolute Gasteiger partial charge is 0.347 e.